The maximum atomic E-state index is 12.2. The normalized spacial score (nSPS) is 15.1. The summed E-state index contributed by atoms with van der Waals surface area (Å²) in [6.07, 6.45) is 1.76. The number of carbonyl (C=O) groups excluding carboxylic acids is 1. The van der Waals surface area contributed by atoms with Crippen molar-refractivity contribution in [2.45, 2.75) is 59.2 Å². The van der Waals surface area contributed by atoms with Gasteiger partial charge in [-0.15, -0.1) is 0 Å². The minimum Gasteiger partial charge on any atom is -0.490 e. The van der Waals surface area contributed by atoms with Crippen LogP contribution >= 0.6 is 0 Å². The van der Waals surface area contributed by atoms with Crippen molar-refractivity contribution in [2.24, 2.45) is 0 Å². The Morgan fingerprint density at radius 2 is 2.05 bits per heavy atom. The Kier molecular flexibility index (Phi) is 6.21. The van der Waals surface area contributed by atoms with Crippen LogP contribution in [-0.2, 0) is 9.53 Å². The molecule has 0 saturated carbocycles. The molecule has 2 atom stereocenters. The van der Waals surface area contributed by atoms with E-state index in [1.54, 1.807) is 14.0 Å². The van der Waals surface area contributed by atoms with Crippen molar-refractivity contribution in [3.05, 3.63) is 23.8 Å². The van der Waals surface area contributed by atoms with E-state index in [1.807, 2.05) is 39.0 Å². The smallest absolute Gasteiger partial charge is 0.256 e. The lowest BCUT2D eigenvalue weighted by atomic mass is 10.0. The minimum atomic E-state index is -0.806. The predicted octanol–water partition coefficient (Wildman–Crippen LogP) is 3.93. The number of methoxy groups -OCH3 is 1. The van der Waals surface area contributed by atoms with Crippen LogP contribution in [0.4, 0.5) is 5.69 Å². The Balaban J connectivity index is 2.83. The summed E-state index contributed by atoms with van der Waals surface area (Å²) in [5.74, 6) is 0.717. The number of aryl methyl sites for hydroxylation is 1. The second-order valence-electron chi connectivity index (χ2n) is 5.56. The van der Waals surface area contributed by atoms with Gasteiger partial charge in [0.05, 0.1) is 6.10 Å². The third kappa shape index (κ3) is 4.46. The zero-order chi connectivity index (χ0) is 16.0. The number of rotatable bonds is 7. The molecule has 21 heavy (non-hydrogen) atoms. The fraction of sp³-hybridized carbons (Fsp3) is 0.588. The van der Waals surface area contributed by atoms with Gasteiger partial charge in [-0.25, -0.2) is 0 Å². The van der Waals surface area contributed by atoms with Crippen LogP contribution in [0.25, 0.3) is 0 Å². The number of amides is 1. The zero-order valence-corrected chi connectivity index (χ0v) is 13.9. The van der Waals surface area contributed by atoms with Gasteiger partial charge in [0.2, 0.25) is 0 Å². The summed E-state index contributed by atoms with van der Waals surface area (Å²) in [5, 5.41) is 2.90. The van der Waals surface area contributed by atoms with Crippen LogP contribution in [0.1, 0.15) is 46.1 Å². The monoisotopic (exact) mass is 293 g/mol. The first-order valence-electron chi connectivity index (χ1n) is 7.50. The fourth-order valence-electron chi connectivity index (χ4n) is 1.82. The lowest BCUT2D eigenvalue weighted by Gasteiger charge is -2.25. The lowest BCUT2D eigenvalue weighted by molar-refractivity contribution is -0.136. The van der Waals surface area contributed by atoms with Gasteiger partial charge in [-0.1, -0.05) is 13.8 Å². The fourth-order valence-corrected chi connectivity index (χ4v) is 1.82. The van der Waals surface area contributed by atoms with E-state index in [2.05, 4.69) is 12.2 Å². The van der Waals surface area contributed by atoms with Crippen LogP contribution in [0.15, 0.2) is 18.2 Å². The molecule has 1 N–H and O–H groups in total. The van der Waals surface area contributed by atoms with E-state index in [-0.39, 0.29) is 12.0 Å². The van der Waals surface area contributed by atoms with Gasteiger partial charge < -0.3 is 14.8 Å². The topological polar surface area (TPSA) is 47.6 Å². The van der Waals surface area contributed by atoms with Gasteiger partial charge >= 0.3 is 0 Å². The van der Waals surface area contributed by atoms with Gasteiger partial charge in [-0.2, -0.15) is 0 Å². The molecule has 1 amide bonds. The summed E-state index contributed by atoms with van der Waals surface area (Å²) in [5.41, 5.74) is 0.953. The standard InChI is InChI=1S/C17H27NO3/c1-7-13(4)21-15-10-9-14(11-12(15)3)18-16(19)17(5,8-2)20-6/h9-11,13H,7-8H2,1-6H3,(H,18,19)/t13-,17+/m1/s1. The van der Waals surface area contributed by atoms with Crippen LogP contribution in [-0.4, -0.2) is 24.7 Å². The van der Waals surface area contributed by atoms with E-state index in [1.165, 1.54) is 0 Å². The average Bonchev–Trinajstić information content (AvgIpc) is 2.48. The second kappa shape index (κ2) is 7.46. The number of hydrogen-bond donors (Lipinski definition) is 1. The SMILES string of the molecule is CC[C@@H](C)Oc1ccc(NC(=O)[C@](C)(CC)OC)cc1C. The summed E-state index contributed by atoms with van der Waals surface area (Å²) < 4.78 is 11.1. The highest BCUT2D eigenvalue weighted by Crippen LogP contribution is 2.25. The predicted molar refractivity (Wildman–Crippen MR) is 85.9 cm³/mol. The van der Waals surface area contributed by atoms with Crippen LogP contribution < -0.4 is 10.1 Å². The van der Waals surface area contributed by atoms with Gasteiger partial charge in [0.15, 0.2) is 0 Å². The molecule has 0 spiro atoms. The highest BCUT2D eigenvalue weighted by Gasteiger charge is 2.30. The molecule has 1 aromatic rings. The van der Waals surface area contributed by atoms with E-state index in [0.29, 0.717) is 6.42 Å². The number of anilines is 1. The second-order valence-corrected chi connectivity index (χ2v) is 5.56. The Morgan fingerprint density at radius 1 is 1.38 bits per heavy atom. The Hall–Kier alpha value is -1.55. The molecule has 0 aliphatic carbocycles. The van der Waals surface area contributed by atoms with E-state index < -0.39 is 5.60 Å². The third-order valence-corrected chi connectivity index (χ3v) is 3.94. The molecule has 4 heteroatoms. The number of benzene rings is 1. The van der Waals surface area contributed by atoms with Crippen molar-refractivity contribution < 1.29 is 14.3 Å². The first-order chi connectivity index (χ1) is 9.86. The minimum absolute atomic E-state index is 0.137. The number of ether oxygens (including phenoxy) is 2. The van der Waals surface area contributed by atoms with Crippen molar-refractivity contribution in [3.63, 3.8) is 0 Å². The molecule has 0 aromatic heterocycles. The summed E-state index contributed by atoms with van der Waals surface area (Å²) in [6, 6.07) is 5.67. The molecule has 0 unspecified atom stereocenters. The van der Waals surface area contributed by atoms with Gasteiger partial charge in [0.25, 0.3) is 5.91 Å². The first kappa shape index (κ1) is 17.5. The average molecular weight is 293 g/mol. The van der Waals surface area contributed by atoms with Crippen molar-refractivity contribution in [2.75, 3.05) is 12.4 Å². The number of nitrogens with one attached hydrogen (secondary N) is 1. The van der Waals surface area contributed by atoms with Crippen molar-refractivity contribution in [3.8, 4) is 5.75 Å². The van der Waals surface area contributed by atoms with Crippen molar-refractivity contribution in [1.82, 2.24) is 0 Å². The summed E-state index contributed by atoms with van der Waals surface area (Å²) in [7, 11) is 1.55. The van der Waals surface area contributed by atoms with Crippen molar-refractivity contribution >= 4 is 11.6 Å². The highest BCUT2D eigenvalue weighted by atomic mass is 16.5. The van der Waals surface area contributed by atoms with E-state index in [0.717, 1.165) is 23.4 Å². The third-order valence-electron chi connectivity index (χ3n) is 3.94. The molecule has 4 nitrogen and oxygen atoms in total. The largest absolute Gasteiger partial charge is 0.490 e. The molecule has 0 fully saturated rings. The first-order valence-corrected chi connectivity index (χ1v) is 7.50. The lowest BCUT2D eigenvalue weighted by Crippen LogP contribution is -2.41. The molecule has 0 heterocycles. The summed E-state index contributed by atoms with van der Waals surface area (Å²) in [4.78, 5) is 12.2. The van der Waals surface area contributed by atoms with Crippen LogP contribution in [0.5, 0.6) is 5.75 Å². The number of carbonyl (C=O) groups is 1. The molecule has 0 radical (unpaired) electrons. The van der Waals surface area contributed by atoms with Gasteiger partial charge in [0, 0.05) is 12.8 Å². The Labute approximate surface area is 127 Å². The highest BCUT2D eigenvalue weighted by molar-refractivity contribution is 5.97. The van der Waals surface area contributed by atoms with Crippen molar-refractivity contribution in [1.29, 1.82) is 0 Å². The van der Waals surface area contributed by atoms with Gasteiger partial charge in [-0.05, 0) is 57.4 Å². The zero-order valence-electron chi connectivity index (χ0n) is 13.9. The molecule has 0 bridgehead atoms. The van der Waals surface area contributed by atoms with Crippen LogP contribution in [0.2, 0.25) is 0 Å². The molecular formula is C17H27NO3. The van der Waals surface area contributed by atoms with E-state index in [4.69, 9.17) is 9.47 Å². The van der Waals surface area contributed by atoms with Gasteiger partial charge in [-0.3, -0.25) is 4.79 Å². The van der Waals surface area contributed by atoms with Crippen LogP contribution in [0.3, 0.4) is 0 Å². The quantitative estimate of drug-likeness (QED) is 0.828. The summed E-state index contributed by atoms with van der Waals surface area (Å²) in [6.45, 7) is 9.82. The van der Waals surface area contributed by atoms with Gasteiger partial charge in [0.1, 0.15) is 11.4 Å². The molecule has 1 rings (SSSR count). The Morgan fingerprint density at radius 3 is 2.52 bits per heavy atom. The Bertz CT molecular complexity index is 481. The molecule has 118 valence electrons. The molecular weight excluding hydrogens is 266 g/mol. The molecule has 0 aliphatic heterocycles. The number of hydrogen-bond acceptors (Lipinski definition) is 3. The molecule has 0 saturated heterocycles. The molecule has 0 aliphatic rings. The van der Waals surface area contributed by atoms with E-state index >= 15 is 0 Å². The maximum Gasteiger partial charge on any atom is 0.256 e. The maximum absolute atomic E-state index is 12.2. The molecule has 1 aromatic carbocycles. The van der Waals surface area contributed by atoms with E-state index in [9.17, 15) is 4.79 Å². The van der Waals surface area contributed by atoms with Crippen LogP contribution in [0, 0.1) is 6.92 Å². The summed E-state index contributed by atoms with van der Waals surface area (Å²) >= 11 is 0.